The second-order valence-electron chi connectivity index (χ2n) is 5.24. The Morgan fingerprint density at radius 2 is 2.19 bits per heavy atom. The zero-order chi connectivity index (χ0) is 15.2. The molecule has 0 saturated carbocycles. The fourth-order valence-electron chi connectivity index (χ4n) is 2.71. The lowest BCUT2D eigenvalue weighted by Crippen LogP contribution is -2.44. The van der Waals surface area contributed by atoms with E-state index in [4.69, 9.17) is 4.74 Å². The first-order valence-electron chi connectivity index (χ1n) is 7.34. The van der Waals surface area contributed by atoms with Gasteiger partial charge in [-0.05, 0) is 44.0 Å². The number of aliphatic carboxylic acids is 1. The molecular weight excluding hydrogens is 270 g/mol. The summed E-state index contributed by atoms with van der Waals surface area (Å²) in [6.07, 6.45) is 2.66. The highest BCUT2D eigenvalue weighted by Gasteiger charge is 2.28. The third-order valence-corrected chi connectivity index (χ3v) is 3.72. The Morgan fingerprint density at radius 1 is 1.38 bits per heavy atom. The molecule has 0 amide bonds. The largest absolute Gasteiger partial charge is 0.480 e. The summed E-state index contributed by atoms with van der Waals surface area (Å²) in [7, 11) is 0. The molecule has 1 fully saturated rings. The van der Waals surface area contributed by atoms with Gasteiger partial charge in [0.15, 0.2) is 0 Å². The molecule has 5 heteroatoms. The summed E-state index contributed by atoms with van der Waals surface area (Å²) in [5, 5.41) is 9.28. The monoisotopic (exact) mass is 291 g/mol. The number of hydrogen-bond acceptors (Lipinski definition) is 4. The van der Waals surface area contributed by atoms with Crippen molar-refractivity contribution in [2.75, 3.05) is 13.2 Å². The SMILES string of the molecule is CCOC(=O)c1cccc(CN2CCCCC2C(=O)O)c1. The molecule has 1 aromatic rings. The molecule has 0 radical (unpaired) electrons. The number of piperidine rings is 1. The van der Waals surface area contributed by atoms with Crippen LogP contribution in [0.5, 0.6) is 0 Å². The van der Waals surface area contributed by atoms with Gasteiger partial charge in [-0.2, -0.15) is 0 Å². The molecule has 0 bridgehead atoms. The Hall–Kier alpha value is -1.88. The molecule has 1 saturated heterocycles. The first-order chi connectivity index (χ1) is 10.1. The Kier molecular flexibility index (Phi) is 5.33. The molecule has 5 nitrogen and oxygen atoms in total. The number of esters is 1. The molecule has 0 spiro atoms. The number of hydrogen-bond donors (Lipinski definition) is 1. The minimum atomic E-state index is -0.767. The standard InChI is InChI=1S/C16H21NO4/c1-2-21-16(20)13-7-5-6-12(10-13)11-17-9-4-3-8-14(17)15(18)19/h5-7,10,14H,2-4,8-9,11H2,1H3,(H,18,19). The predicted octanol–water partition coefficient (Wildman–Crippen LogP) is 2.30. The number of benzene rings is 1. The normalized spacial score (nSPS) is 19.2. The van der Waals surface area contributed by atoms with E-state index in [2.05, 4.69) is 0 Å². The van der Waals surface area contributed by atoms with Crippen LogP contribution in [0, 0.1) is 0 Å². The molecular formula is C16H21NO4. The first kappa shape index (κ1) is 15.5. The Labute approximate surface area is 124 Å². The van der Waals surface area contributed by atoms with E-state index in [9.17, 15) is 14.7 Å². The molecule has 1 unspecified atom stereocenters. The Bertz CT molecular complexity index is 515. The predicted molar refractivity (Wildman–Crippen MR) is 78.1 cm³/mol. The van der Waals surface area contributed by atoms with Crippen molar-refractivity contribution in [2.45, 2.75) is 38.8 Å². The van der Waals surface area contributed by atoms with E-state index >= 15 is 0 Å². The van der Waals surface area contributed by atoms with Crippen LogP contribution in [0.1, 0.15) is 42.1 Å². The number of ether oxygens (including phenoxy) is 1. The van der Waals surface area contributed by atoms with E-state index in [1.54, 1.807) is 25.1 Å². The second-order valence-corrected chi connectivity index (χ2v) is 5.24. The second kappa shape index (κ2) is 7.22. The van der Waals surface area contributed by atoms with Gasteiger partial charge >= 0.3 is 11.9 Å². The van der Waals surface area contributed by atoms with Gasteiger partial charge in [0.05, 0.1) is 12.2 Å². The molecule has 0 aromatic heterocycles. The fraction of sp³-hybridized carbons (Fsp3) is 0.500. The number of nitrogens with zero attached hydrogens (tertiary/aromatic N) is 1. The molecule has 0 aliphatic carbocycles. The van der Waals surface area contributed by atoms with Gasteiger partial charge in [-0.15, -0.1) is 0 Å². The highest BCUT2D eigenvalue weighted by molar-refractivity contribution is 5.89. The zero-order valence-corrected chi connectivity index (χ0v) is 12.2. The van der Waals surface area contributed by atoms with E-state index < -0.39 is 12.0 Å². The van der Waals surface area contributed by atoms with Gasteiger partial charge in [0, 0.05) is 6.54 Å². The molecule has 114 valence electrons. The van der Waals surface area contributed by atoms with Crippen LogP contribution in [0.4, 0.5) is 0 Å². The fourth-order valence-corrected chi connectivity index (χ4v) is 2.71. The van der Waals surface area contributed by atoms with Crippen molar-refractivity contribution in [3.8, 4) is 0 Å². The van der Waals surface area contributed by atoms with Gasteiger partial charge in [-0.3, -0.25) is 9.69 Å². The van der Waals surface area contributed by atoms with Crippen molar-refractivity contribution in [1.82, 2.24) is 4.90 Å². The lowest BCUT2D eigenvalue weighted by atomic mass is 10.0. The van der Waals surface area contributed by atoms with Crippen molar-refractivity contribution in [3.63, 3.8) is 0 Å². The van der Waals surface area contributed by atoms with Crippen LogP contribution in [0.15, 0.2) is 24.3 Å². The van der Waals surface area contributed by atoms with Gasteiger partial charge in [0.1, 0.15) is 6.04 Å². The molecule has 1 atom stereocenters. The molecule has 1 aromatic carbocycles. The Balaban J connectivity index is 2.09. The highest BCUT2D eigenvalue weighted by Crippen LogP contribution is 2.20. The van der Waals surface area contributed by atoms with E-state index in [0.717, 1.165) is 24.9 Å². The maximum Gasteiger partial charge on any atom is 0.338 e. The van der Waals surface area contributed by atoms with Crippen molar-refractivity contribution in [3.05, 3.63) is 35.4 Å². The zero-order valence-electron chi connectivity index (χ0n) is 12.2. The highest BCUT2D eigenvalue weighted by atomic mass is 16.5. The summed E-state index contributed by atoms with van der Waals surface area (Å²) in [6, 6.07) is 6.79. The number of carboxylic acid groups (broad SMARTS) is 1. The third kappa shape index (κ3) is 4.04. The summed E-state index contributed by atoms with van der Waals surface area (Å²) in [5.41, 5.74) is 1.45. The van der Waals surface area contributed by atoms with Crippen LogP contribution in [0.2, 0.25) is 0 Å². The van der Waals surface area contributed by atoms with Gasteiger partial charge in [-0.1, -0.05) is 18.6 Å². The van der Waals surface area contributed by atoms with Crippen LogP contribution in [-0.2, 0) is 16.1 Å². The van der Waals surface area contributed by atoms with Crippen molar-refractivity contribution < 1.29 is 19.4 Å². The van der Waals surface area contributed by atoms with Gasteiger partial charge in [0.2, 0.25) is 0 Å². The number of likely N-dealkylation sites (tertiary alicyclic amines) is 1. The number of carboxylic acids is 1. The summed E-state index contributed by atoms with van der Waals surface area (Å²) in [5.74, 6) is -1.11. The molecule has 1 N–H and O–H groups in total. The average Bonchev–Trinajstić information content (AvgIpc) is 2.48. The topological polar surface area (TPSA) is 66.8 Å². The summed E-state index contributed by atoms with van der Waals surface area (Å²) < 4.78 is 4.99. The Morgan fingerprint density at radius 3 is 2.90 bits per heavy atom. The average molecular weight is 291 g/mol. The van der Waals surface area contributed by atoms with Gasteiger partial charge < -0.3 is 9.84 Å². The van der Waals surface area contributed by atoms with Crippen molar-refractivity contribution in [2.24, 2.45) is 0 Å². The quantitative estimate of drug-likeness (QED) is 0.843. The van der Waals surface area contributed by atoms with Crippen LogP contribution >= 0.6 is 0 Å². The van der Waals surface area contributed by atoms with Crippen molar-refractivity contribution in [1.29, 1.82) is 0 Å². The minimum Gasteiger partial charge on any atom is -0.480 e. The maximum atomic E-state index is 11.7. The van der Waals surface area contributed by atoms with E-state index in [-0.39, 0.29) is 5.97 Å². The molecule has 21 heavy (non-hydrogen) atoms. The lowest BCUT2D eigenvalue weighted by Gasteiger charge is -2.32. The first-order valence-corrected chi connectivity index (χ1v) is 7.34. The van der Waals surface area contributed by atoms with E-state index in [1.807, 2.05) is 11.0 Å². The summed E-state index contributed by atoms with van der Waals surface area (Å²) in [4.78, 5) is 25.0. The maximum absolute atomic E-state index is 11.7. The van der Waals surface area contributed by atoms with E-state index in [0.29, 0.717) is 25.1 Å². The lowest BCUT2D eigenvalue weighted by molar-refractivity contribution is -0.144. The molecule has 1 aliphatic rings. The van der Waals surface area contributed by atoms with Gasteiger partial charge in [-0.25, -0.2) is 4.79 Å². The minimum absolute atomic E-state index is 0.340. The number of carbonyl (C=O) groups excluding carboxylic acids is 1. The molecule has 2 rings (SSSR count). The van der Waals surface area contributed by atoms with Crippen LogP contribution in [-0.4, -0.2) is 41.1 Å². The van der Waals surface area contributed by atoms with Gasteiger partial charge in [0.25, 0.3) is 0 Å². The molecule has 1 heterocycles. The molecule has 1 aliphatic heterocycles. The number of carbonyl (C=O) groups is 2. The van der Waals surface area contributed by atoms with Crippen LogP contribution < -0.4 is 0 Å². The van der Waals surface area contributed by atoms with Crippen LogP contribution in [0.25, 0.3) is 0 Å². The van der Waals surface area contributed by atoms with Crippen molar-refractivity contribution >= 4 is 11.9 Å². The van der Waals surface area contributed by atoms with Crippen LogP contribution in [0.3, 0.4) is 0 Å². The van der Waals surface area contributed by atoms with E-state index in [1.165, 1.54) is 0 Å². The summed E-state index contributed by atoms with van der Waals surface area (Å²) in [6.45, 7) is 3.44. The third-order valence-electron chi connectivity index (χ3n) is 3.72. The smallest absolute Gasteiger partial charge is 0.338 e. The summed E-state index contributed by atoms with van der Waals surface area (Å²) >= 11 is 0. The number of rotatable bonds is 5.